The van der Waals surface area contributed by atoms with Crippen LogP contribution in [0.15, 0.2) is 72.8 Å². The topological polar surface area (TPSA) is 59.0 Å². The highest BCUT2D eigenvalue weighted by Crippen LogP contribution is 2.41. The Hall–Kier alpha value is -3.02. The second-order valence-electron chi connectivity index (χ2n) is 7.51. The molecule has 1 aliphatic heterocycles. The summed E-state index contributed by atoms with van der Waals surface area (Å²) in [6.45, 7) is 0.668. The maximum atomic E-state index is 12.0. The fourth-order valence-corrected chi connectivity index (χ4v) is 4.39. The Morgan fingerprint density at radius 3 is 2.58 bits per heavy atom. The molecule has 1 fully saturated rings. The number of hydrogen-bond donors (Lipinski definition) is 1. The van der Waals surface area contributed by atoms with Gasteiger partial charge in [-0.3, -0.25) is 9.69 Å². The molecule has 5 nitrogen and oxygen atoms in total. The Kier molecular flexibility index (Phi) is 6.44. The van der Waals surface area contributed by atoms with Gasteiger partial charge in [0.05, 0.1) is 13.2 Å². The van der Waals surface area contributed by atoms with Gasteiger partial charge in [0, 0.05) is 17.1 Å². The van der Waals surface area contributed by atoms with Crippen LogP contribution >= 0.6 is 11.6 Å². The molecule has 0 bridgehead atoms. The van der Waals surface area contributed by atoms with Gasteiger partial charge < -0.3 is 14.6 Å². The average Bonchev–Trinajstić information content (AvgIpc) is 3.25. The van der Waals surface area contributed by atoms with Gasteiger partial charge in [0.25, 0.3) is 0 Å². The summed E-state index contributed by atoms with van der Waals surface area (Å²) in [5.74, 6) is 1.27. The molecule has 31 heavy (non-hydrogen) atoms. The van der Waals surface area contributed by atoms with E-state index in [1.165, 1.54) is 0 Å². The highest BCUT2D eigenvalue weighted by molar-refractivity contribution is 6.30. The number of para-hydroxylation sites is 1. The lowest BCUT2D eigenvalue weighted by atomic mass is 9.95. The van der Waals surface area contributed by atoms with E-state index >= 15 is 0 Å². The van der Waals surface area contributed by atoms with E-state index in [9.17, 15) is 9.90 Å². The molecule has 1 heterocycles. The number of methoxy groups -OCH3 is 1. The fraction of sp³-hybridized carbons (Fsp3) is 0.240. The van der Waals surface area contributed by atoms with Gasteiger partial charge in [0.15, 0.2) is 0 Å². The molecule has 2 unspecified atom stereocenters. The number of carboxylic acid groups (broad SMARTS) is 1. The van der Waals surface area contributed by atoms with Gasteiger partial charge in [-0.05, 0) is 60.9 Å². The smallest absolute Gasteiger partial charge is 0.320 e. The van der Waals surface area contributed by atoms with Crippen LogP contribution < -0.4 is 9.47 Å². The third-order valence-electron chi connectivity index (χ3n) is 5.55. The highest BCUT2D eigenvalue weighted by atomic mass is 35.5. The summed E-state index contributed by atoms with van der Waals surface area (Å²) in [5, 5.41) is 10.4. The van der Waals surface area contributed by atoms with E-state index in [2.05, 4.69) is 0 Å². The number of halogens is 1. The molecule has 0 amide bonds. The summed E-state index contributed by atoms with van der Waals surface area (Å²) < 4.78 is 11.7. The molecule has 3 aromatic carbocycles. The van der Waals surface area contributed by atoms with E-state index in [0.29, 0.717) is 29.5 Å². The fourth-order valence-electron chi connectivity index (χ4n) is 4.20. The van der Waals surface area contributed by atoms with E-state index in [-0.39, 0.29) is 6.04 Å². The van der Waals surface area contributed by atoms with Crippen molar-refractivity contribution in [3.05, 3.63) is 88.9 Å². The number of rotatable bonds is 7. The van der Waals surface area contributed by atoms with Gasteiger partial charge in [-0.15, -0.1) is 0 Å². The van der Waals surface area contributed by atoms with Crippen molar-refractivity contribution in [3.8, 4) is 17.2 Å². The molecule has 1 N–H and O–H groups in total. The number of nitrogens with zero attached hydrogens (tertiary/aromatic N) is 1. The van der Waals surface area contributed by atoms with Gasteiger partial charge in [-0.25, -0.2) is 0 Å². The van der Waals surface area contributed by atoms with Crippen molar-refractivity contribution in [1.82, 2.24) is 4.90 Å². The molecular formula is C25H24ClNO4. The van der Waals surface area contributed by atoms with Crippen LogP contribution in [0.2, 0.25) is 5.02 Å². The van der Waals surface area contributed by atoms with Crippen molar-refractivity contribution in [2.24, 2.45) is 0 Å². The van der Waals surface area contributed by atoms with Gasteiger partial charge in [0.2, 0.25) is 0 Å². The summed E-state index contributed by atoms with van der Waals surface area (Å²) >= 11 is 6.33. The molecule has 0 aromatic heterocycles. The second-order valence-corrected chi connectivity index (χ2v) is 7.95. The zero-order chi connectivity index (χ0) is 21.8. The van der Waals surface area contributed by atoms with Crippen molar-refractivity contribution in [2.45, 2.75) is 24.9 Å². The first-order chi connectivity index (χ1) is 15.1. The Morgan fingerprint density at radius 1 is 1.06 bits per heavy atom. The Morgan fingerprint density at radius 2 is 1.84 bits per heavy atom. The minimum absolute atomic E-state index is 0.337. The Bertz CT molecular complexity index is 1060. The van der Waals surface area contributed by atoms with Crippen LogP contribution in [-0.4, -0.2) is 35.7 Å². The summed E-state index contributed by atoms with van der Waals surface area (Å²) in [4.78, 5) is 14.0. The minimum Gasteiger partial charge on any atom is -0.496 e. The van der Waals surface area contributed by atoms with Gasteiger partial charge in [0.1, 0.15) is 23.3 Å². The zero-order valence-electron chi connectivity index (χ0n) is 17.2. The molecule has 1 aliphatic rings. The standard InChI is InChI=1S/C25H24ClNO4/c1-30-23-13-12-18(26)16-21(23)24(27-14-6-11-22(27)25(28)29)17-7-5-10-20(15-17)31-19-8-3-2-4-9-19/h2-5,7-10,12-13,15-16,22,24H,6,11,14H2,1H3,(H,28,29). The molecule has 0 spiro atoms. The summed E-state index contributed by atoms with van der Waals surface area (Å²) in [5.41, 5.74) is 1.75. The van der Waals surface area contributed by atoms with Crippen LogP contribution in [0.3, 0.4) is 0 Å². The summed E-state index contributed by atoms with van der Waals surface area (Å²) in [6, 6.07) is 21.8. The lowest BCUT2D eigenvalue weighted by Gasteiger charge is -2.33. The maximum absolute atomic E-state index is 12.0. The lowest BCUT2D eigenvalue weighted by molar-refractivity contribution is -0.142. The second kappa shape index (κ2) is 9.41. The predicted molar refractivity (Wildman–Crippen MR) is 120 cm³/mol. The number of carboxylic acids is 1. The van der Waals surface area contributed by atoms with Crippen LogP contribution in [0.4, 0.5) is 0 Å². The van der Waals surface area contributed by atoms with E-state index in [0.717, 1.165) is 23.3 Å². The SMILES string of the molecule is COc1ccc(Cl)cc1C(c1cccc(Oc2ccccc2)c1)N1CCCC1C(=O)O. The van der Waals surface area contributed by atoms with Crippen LogP contribution in [-0.2, 0) is 4.79 Å². The molecule has 0 aliphatic carbocycles. The lowest BCUT2D eigenvalue weighted by Crippen LogP contribution is -2.39. The third-order valence-corrected chi connectivity index (χ3v) is 5.79. The average molecular weight is 438 g/mol. The number of likely N-dealkylation sites (tertiary alicyclic amines) is 1. The van der Waals surface area contributed by atoms with Crippen molar-refractivity contribution < 1.29 is 19.4 Å². The predicted octanol–water partition coefficient (Wildman–Crippen LogP) is 5.78. The first-order valence-corrected chi connectivity index (χ1v) is 10.6. The molecule has 6 heteroatoms. The van der Waals surface area contributed by atoms with Gasteiger partial charge in [-0.1, -0.05) is 41.9 Å². The van der Waals surface area contributed by atoms with E-state index in [4.69, 9.17) is 21.1 Å². The molecule has 4 rings (SSSR count). The Labute approximate surface area is 186 Å². The molecule has 2 atom stereocenters. The number of ether oxygens (including phenoxy) is 2. The monoisotopic (exact) mass is 437 g/mol. The molecule has 1 saturated heterocycles. The van der Waals surface area contributed by atoms with E-state index in [1.807, 2.05) is 71.6 Å². The highest BCUT2D eigenvalue weighted by Gasteiger charge is 2.38. The number of hydrogen-bond acceptors (Lipinski definition) is 4. The third kappa shape index (κ3) is 4.68. The number of aliphatic carboxylic acids is 1. The van der Waals surface area contributed by atoms with E-state index in [1.54, 1.807) is 13.2 Å². The Balaban J connectivity index is 1.79. The minimum atomic E-state index is -0.819. The van der Waals surface area contributed by atoms with Crippen LogP contribution in [0, 0.1) is 0 Å². The summed E-state index contributed by atoms with van der Waals surface area (Å²) in [6.07, 6.45) is 1.42. The van der Waals surface area contributed by atoms with Crippen molar-refractivity contribution in [1.29, 1.82) is 0 Å². The van der Waals surface area contributed by atoms with Crippen LogP contribution in [0.1, 0.15) is 30.0 Å². The number of benzene rings is 3. The summed E-state index contributed by atoms with van der Waals surface area (Å²) in [7, 11) is 1.61. The van der Waals surface area contributed by atoms with Gasteiger partial charge >= 0.3 is 5.97 Å². The normalized spacial score (nSPS) is 17.3. The van der Waals surface area contributed by atoms with Crippen LogP contribution in [0.5, 0.6) is 17.2 Å². The molecule has 0 radical (unpaired) electrons. The zero-order valence-corrected chi connectivity index (χ0v) is 18.0. The maximum Gasteiger partial charge on any atom is 0.320 e. The van der Waals surface area contributed by atoms with Crippen molar-refractivity contribution in [3.63, 3.8) is 0 Å². The first-order valence-electron chi connectivity index (χ1n) is 10.2. The molecular weight excluding hydrogens is 414 g/mol. The van der Waals surface area contributed by atoms with Crippen LogP contribution in [0.25, 0.3) is 0 Å². The number of carbonyl (C=O) groups is 1. The quantitative estimate of drug-likeness (QED) is 0.507. The van der Waals surface area contributed by atoms with Crippen molar-refractivity contribution >= 4 is 17.6 Å². The molecule has 3 aromatic rings. The largest absolute Gasteiger partial charge is 0.496 e. The van der Waals surface area contributed by atoms with Crippen molar-refractivity contribution in [2.75, 3.05) is 13.7 Å². The first kappa shape index (κ1) is 21.2. The van der Waals surface area contributed by atoms with E-state index < -0.39 is 12.0 Å². The molecule has 160 valence electrons. The van der Waals surface area contributed by atoms with Gasteiger partial charge in [-0.2, -0.15) is 0 Å². The molecule has 0 saturated carbocycles.